The van der Waals surface area contributed by atoms with Crippen molar-refractivity contribution in [2.24, 2.45) is 5.92 Å². The molecule has 0 aliphatic rings. The van der Waals surface area contributed by atoms with Crippen molar-refractivity contribution in [2.45, 2.75) is 84.5 Å². The van der Waals surface area contributed by atoms with Crippen molar-refractivity contribution in [3.8, 4) is 0 Å². The molecule has 0 aromatic carbocycles. The summed E-state index contributed by atoms with van der Waals surface area (Å²) in [7, 11) is 0. The molecule has 0 spiro atoms. The standard InChI is InChI=1S/C17H33NO3/c1-3-5-6-7-8-9-10-11-12-13-14-18-16(19)15(4-2)17(20)21/h15H,3-14H2,1-2H3,(H,18,19)(H,20,21). The van der Waals surface area contributed by atoms with Crippen molar-refractivity contribution in [3.05, 3.63) is 0 Å². The Morgan fingerprint density at radius 1 is 0.857 bits per heavy atom. The largest absolute Gasteiger partial charge is 0.481 e. The topological polar surface area (TPSA) is 66.4 Å². The van der Waals surface area contributed by atoms with Crippen LogP contribution in [0.4, 0.5) is 0 Å². The van der Waals surface area contributed by atoms with Crippen LogP contribution < -0.4 is 5.32 Å². The van der Waals surface area contributed by atoms with Gasteiger partial charge in [0, 0.05) is 6.54 Å². The van der Waals surface area contributed by atoms with E-state index in [0.717, 1.165) is 12.8 Å². The quantitative estimate of drug-likeness (QED) is 0.374. The van der Waals surface area contributed by atoms with E-state index >= 15 is 0 Å². The summed E-state index contributed by atoms with van der Waals surface area (Å²) in [5.41, 5.74) is 0. The maximum absolute atomic E-state index is 11.6. The zero-order valence-corrected chi connectivity index (χ0v) is 13.8. The van der Waals surface area contributed by atoms with E-state index in [2.05, 4.69) is 12.2 Å². The van der Waals surface area contributed by atoms with Gasteiger partial charge < -0.3 is 10.4 Å². The van der Waals surface area contributed by atoms with Gasteiger partial charge in [0.2, 0.25) is 5.91 Å². The summed E-state index contributed by atoms with van der Waals surface area (Å²) < 4.78 is 0. The van der Waals surface area contributed by atoms with Gasteiger partial charge in [-0.05, 0) is 12.8 Å². The maximum Gasteiger partial charge on any atom is 0.316 e. The lowest BCUT2D eigenvalue weighted by Crippen LogP contribution is -2.35. The summed E-state index contributed by atoms with van der Waals surface area (Å²) in [6, 6.07) is 0. The van der Waals surface area contributed by atoms with Crippen LogP contribution in [-0.4, -0.2) is 23.5 Å². The first-order valence-electron chi connectivity index (χ1n) is 8.64. The molecule has 0 radical (unpaired) electrons. The molecule has 1 atom stereocenters. The van der Waals surface area contributed by atoms with Crippen molar-refractivity contribution in [3.63, 3.8) is 0 Å². The van der Waals surface area contributed by atoms with Crippen LogP contribution in [0.3, 0.4) is 0 Å². The predicted molar refractivity (Wildman–Crippen MR) is 86.3 cm³/mol. The van der Waals surface area contributed by atoms with Crippen LogP contribution in [0.2, 0.25) is 0 Å². The average Bonchev–Trinajstić information content (AvgIpc) is 2.45. The SMILES string of the molecule is CCCCCCCCCCCCNC(=O)C(CC)C(=O)O. The fraction of sp³-hybridized carbons (Fsp3) is 0.882. The van der Waals surface area contributed by atoms with Crippen molar-refractivity contribution in [2.75, 3.05) is 6.54 Å². The molecule has 0 saturated heterocycles. The number of nitrogens with one attached hydrogen (secondary N) is 1. The van der Waals surface area contributed by atoms with E-state index in [9.17, 15) is 9.59 Å². The van der Waals surface area contributed by atoms with E-state index in [1.807, 2.05) is 0 Å². The van der Waals surface area contributed by atoms with Crippen LogP contribution in [0.5, 0.6) is 0 Å². The molecular formula is C17H33NO3. The molecule has 4 nitrogen and oxygen atoms in total. The minimum Gasteiger partial charge on any atom is -0.481 e. The normalized spacial score (nSPS) is 12.1. The second kappa shape index (κ2) is 13.9. The zero-order valence-electron chi connectivity index (χ0n) is 13.8. The molecule has 0 bridgehead atoms. The number of aliphatic carboxylic acids is 1. The minimum atomic E-state index is -1.03. The lowest BCUT2D eigenvalue weighted by Gasteiger charge is -2.10. The van der Waals surface area contributed by atoms with Crippen LogP contribution in [0.1, 0.15) is 84.5 Å². The Kier molecular flexibility index (Phi) is 13.2. The number of amides is 1. The van der Waals surface area contributed by atoms with Crippen LogP contribution in [0, 0.1) is 5.92 Å². The van der Waals surface area contributed by atoms with Crippen LogP contribution in [0.15, 0.2) is 0 Å². The number of rotatable bonds is 14. The number of carboxylic acid groups (broad SMARTS) is 1. The third-order valence-corrected chi connectivity index (χ3v) is 3.85. The van der Waals surface area contributed by atoms with Gasteiger partial charge in [-0.3, -0.25) is 9.59 Å². The highest BCUT2D eigenvalue weighted by Gasteiger charge is 2.23. The lowest BCUT2D eigenvalue weighted by molar-refractivity contribution is -0.147. The van der Waals surface area contributed by atoms with Gasteiger partial charge in [0.25, 0.3) is 0 Å². The molecule has 0 heterocycles. The summed E-state index contributed by atoms with van der Waals surface area (Å²) in [5, 5.41) is 11.6. The number of hydrogen-bond donors (Lipinski definition) is 2. The molecule has 21 heavy (non-hydrogen) atoms. The van der Waals surface area contributed by atoms with Gasteiger partial charge >= 0.3 is 5.97 Å². The highest BCUT2D eigenvalue weighted by Crippen LogP contribution is 2.10. The Labute approximate surface area is 129 Å². The van der Waals surface area contributed by atoms with E-state index in [0.29, 0.717) is 13.0 Å². The van der Waals surface area contributed by atoms with Gasteiger partial charge in [0.15, 0.2) is 0 Å². The number of unbranched alkanes of at least 4 members (excludes halogenated alkanes) is 9. The Morgan fingerprint density at radius 3 is 1.76 bits per heavy atom. The first-order chi connectivity index (χ1) is 10.1. The summed E-state index contributed by atoms with van der Waals surface area (Å²) in [6.45, 7) is 4.55. The highest BCUT2D eigenvalue weighted by molar-refractivity contribution is 5.96. The molecule has 0 aliphatic heterocycles. The molecule has 0 aromatic rings. The number of hydrogen-bond acceptors (Lipinski definition) is 2. The maximum atomic E-state index is 11.6. The molecule has 4 heteroatoms. The number of carbonyl (C=O) groups is 2. The van der Waals surface area contributed by atoms with Crippen molar-refractivity contribution in [1.29, 1.82) is 0 Å². The smallest absolute Gasteiger partial charge is 0.316 e. The van der Waals surface area contributed by atoms with Crippen LogP contribution in [-0.2, 0) is 9.59 Å². The second-order valence-corrected chi connectivity index (χ2v) is 5.77. The number of carboxylic acids is 1. The third-order valence-electron chi connectivity index (χ3n) is 3.85. The lowest BCUT2D eigenvalue weighted by atomic mass is 10.1. The second-order valence-electron chi connectivity index (χ2n) is 5.77. The number of carbonyl (C=O) groups excluding carboxylic acids is 1. The molecule has 0 fully saturated rings. The molecule has 0 aromatic heterocycles. The average molecular weight is 299 g/mol. The van der Waals surface area contributed by atoms with Crippen molar-refractivity contribution >= 4 is 11.9 Å². The van der Waals surface area contributed by atoms with E-state index in [4.69, 9.17) is 5.11 Å². The van der Waals surface area contributed by atoms with Crippen molar-refractivity contribution in [1.82, 2.24) is 5.32 Å². The summed E-state index contributed by atoms with van der Waals surface area (Å²) in [5.74, 6) is -2.27. The zero-order chi connectivity index (χ0) is 15.9. The summed E-state index contributed by atoms with van der Waals surface area (Å²) in [6.07, 6.45) is 12.9. The molecular weight excluding hydrogens is 266 g/mol. The first kappa shape index (κ1) is 19.9. The van der Waals surface area contributed by atoms with Crippen molar-refractivity contribution < 1.29 is 14.7 Å². The Hall–Kier alpha value is -1.06. The highest BCUT2D eigenvalue weighted by atomic mass is 16.4. The fourth-order valence-corrected chi connectivity index (χ4v) is 2.42. The van der Waals surface area contributed by atoms with E-state index in [1.54, 1.807) is 6.92 Å². The monoisotopic (exact) mass is 299 g/mol. The van der Waals surface area contributed by atoms with Gasteiger partial charge in [0.1, 0.15) is 5.92 Å². The van der Waals surface area contributed by atoms with Gasteiger partial charge in [-0.1, -0.05) is 71.6 Å². The van der Waals surface area contributed by atoms with E-state index in [1.165, 1.54) is 51.4 Å². The van der Waals surface area contributed by atoms with Crippen LogP contribution >= 0.6 is 0 Å². The predicted octanol–water partition coefficient (Wildman–Crippen LogP) is 4.13. The third kappa shape index (κ3) is 11.3. The first-order valence-corrected chi connectivity index (χ1v) is 8.64. The molecule has 124 valence electrons. The molecule has 1 amide bonds. The fourth-order valence-electron chi connectivity index (χ4n) is 2.42. The van der Waals surface area contributed by atoms with Gasteiger partial charge in [0.05, 0.1) is 0 Å². The van der Waals surface area contributed by atoms with E-state index in [-0.39, 0.29) is 5.91 Å². The molecule has 0 saturated carbocycles. The van der Waals surface area contributed by atoms with E-state index < -0.39 is 11.9 Å². The minimum absolute atomic E-state index is 0.346. The molecule has 2 N–H and O–H groups in total. The van der Waals surface area contributed by atoms with Gasteiger partial charge in [-0.25, -0.2) is 0 Å². The Bertz CT molecular complexity index is 279. The Morgan fingerprint density at radius 2 is 1.33 bits per heavy atom. The Balaban J connectivity index is 3.36. The summed E-state index contributed by atoms with van der Waals surface area (Å²) >= 11 is 0. The summed E-state index contributed by atoms with van der Waals surface area (Å²) in [4.78, 5) is 22.4. The van der Waals surface area contributed by atoms with Gasteiger partial charge in [-0.15, -0.1) is 0 Å². The van der Waals surface area contributed by atoms with Gasteiger partial charge in [-0.2, -0.15) is 0 Å². The molecule has 0 rings (SSSR count). The van der Waals surface area contributed by atoms with Crippen LogP contribution in [0.25, 0.3) is 0 Å². The molecule has 0 aliphatic carbocycles. The molecule has 1 unspecified atom stereocenters.